The Hall–Kier alpha value is -1.26. The van der Waals surface area contributed by atoms with Crippen molar-refractivity contribution in [2.75, 3.05) is 32.8 Å². The van der Waals surface area contributed by atoms with E-state index in [1.807, 2.05) is 0 Å². The van der Waals surface area contributed by atoms with Crippen LogP contribution in [0.15, 0.2) is 0 Å². The number of nitrogens with zero attached hydrogens (tertiary/aromatic N) is 2. The first-order chi connectivity index (χ1) is 7.27. The number of unbranched alkanes of at least 4 members (excludes halogenated alkanes) is 1. The molecule has 15 heavy (non-hydrogen) atoms. The smallest absolute Gasteiger partial charge is 0.409 e. The lowest BCUT2D eigenvalue weighted by atomic mass is 10.3. The predicted octanol–water partition coefficient (Wildman–Crippen LogP) is 0.697. The average molecular weight is 214 g/mol. The molecule has 0 aromatic carbocycles. The van der Waals surface area contributed by atoms with Gasteiger partial charge in [-0.15, -0.1) is 0 Å². The first kappa shape index (κ1) is 11.8. The van der Waals surface area contributed by atoms with Crippen LogP contribution in [-0.2, 0) is 9.53 Å². The Labute approximate surface area is 90.0 Å². The molecule has 0 spiro atoms. The third-order valence-corrected chi connectivity index (χ3v) is 2.44. The monoisotopic (exact) mass is 214 g/mol. The largest absolute Gasteiger partial charge is 0.449 e. The second-order valence-corrected chi connectivity index (χ2v) is 3.60. The zero-order valence-electron chi connectivity index (χ0n) is 9.15. The van der Waals surface area contributed by atoms with Crippen molar-refractivity contribution >= 4 is 12.5 Å². The molecule has 0 N–H and O–H groups in total. The summed E-state index contributed by atoms with van der Waals surface area (Å²) in [6.45, 7) is 4.89. The Balaban J connectivity index is 2.21. The van der Waals surface area contributed by atoms with Crippen LogP contribution in [0.5, 0.6) is 0 Å². The van der Waals surface area contributed by atoms with Gasteiger partial charge in [0.05, 0.1) is 6.61 Å². The van der Waals surface area contributed by atoms with Crippen LogP contribution in [0.25, 0.3) is 0 Å². The van der Waals surface area contributed by atoms with Crippen LogP contribution in [0.2, 0.25) is 0 Å². The topological polar surface area (TPSA) is 49.9 Å². The lowest BCUT2D eigenvalue weighted by molar-refractivity contribution is -0.119. The number of hydrogen-bond acceptors (Lipinski definition) is 3. The Morgan fingerprint density at radius 1 is 1.33 bits per heavy atom. The van der Waals surface area contributed by atoms with E-state index in [1.54, 1.807) is 9.80 Å². The average Bonchev–Trinajstić information content (AvgIpc) is 2.29. The van der Waals surface area contributed by atoms with Crippen molar-refractivity contribution in [3.8, 4) is 0 Å². The normalized spacial score (nSPS) is 16.3. The minimum Gasteiger partial charge on any atom is -0.449 e. The van der Waals surface area contributed by atoms with Gasteiger partial charge in [0.1, 0.15) is 0 Å². The number of carbonyl (C=O) groups excluding carboxylic acids is 2. The molecule has 1 fully saturated rings. The summed E-state index contributed by atoms with van der Waals surface area (Å²) in [5, 5.41) is 0. The molecular formula is C10H18N2O3. The molecule has 0 unspecified atom stereocenters. The number of amides is 2. The van der Waals surface area contributed by atoms with Crippen LogP contribution in [-0.4, -0.2) is 55.1 Å². The fourth-order valence-electron chi connectivity index (χ4n) is 1.41. The summed E-state index contributed by atoms with van der Waals surface area (Å²) in [4.78, 5) is 25.2. The van der Waals surface area contributed by atoms with E-state index in [2.05, 4.69) is 6.92 Å². The Bertz CT molecular complexity index is 213. The van der Waals surface area contributed by atoms with Crippen molar-refractivity contribution in [3.05, 3.63) is 0 Å². The fourth-order valence-corrected chi connectivity index (χ4v) is 1.41. The third-order valence-electron chi connectivity index (χ3n) is 2.44. The minimum absolute atomic E-state index is 0.256. The van der Waals surface area contributed by atoms with Gasteiger partial charge in [0.25, 0.3) is 0 Å². The molecule has 1 saturated heterocycles. The molecule has 2 amide bonds. The fraction of sp³-hybridized carbons (Fsp3) is 0.800. The van der Waals surface area contributed by atoms with Gasteiger partial charge in [0.15, 0.2) is 0 Å². The van der Waals surface area contributed by atoms with Crippen LogP contribution < -0.4 is 0 Å². The summed E-state index contributed by atoms with van der Waals surface area (Å²) in [5.41, 5.74) is 0. The second-order valence-electron chi connectivity index (χ2n) is 3.60. The maximum absolute atomic E-state index is 11.5. The van der Waals surface area contributed by atoms with E-state index < -0.39 is 0 Å². The molecule has 0 aromatic rings. The zero-order valence-corrected chi connectivity index (χ0v) is 9.15. The highest BCUT2D eigenvalue weighted by atomic mass is 16.6. The third kappa shape index (κ3) is 3.77. The number of hydrogen-bond donors (Lipinski definition) is 0. The van der Waals surface area contributed by atoms with E-state index in [4.69, 9.17) is 4.74 Å². The summed E-state index contributed by atoms with van der Waals surface area (Å²) in [6.07, 6.45) is 2.49. The summed E-state index contributed by atoms with van der Waals surface area (Å²) < 4.78 is 5.07. The summed E-state index contributed by atoms with van der Waals surface area (Å²) in [5.74, 6) is 0. The molecule has 1 aliphatic rings. The molecule has 0 aliphatic carbocycles. The lowest BCUT2D eigenvalue weighted by Crippen LogP contribution is -2.48. The van der Waals surface area contributed by atoms with Gasteiger partial charge in [0, 0.05) is 26.2 Å². The highest BCUT2D eigenvalue weighted by molar-refractivity contribution is 5.68. The summed E-state index contributed by atoms with van der Waals surface area (Å²) >= 11 is 0. The summed E-state index contributed by atoms with van der Waals surface area (Å²) in [6, 6.07) is 0. The van der Waals surface area contributed by atoms with Crippen LogP contribution in [0.3, 0.4) is 0 Å². The van der Waals surface area contributed by atoms with Gasteiger partial charge >= 0.3 is 6.09 Å². The van der Waals surface area contributed by atoms with Gasteiger partial charge in [-0.3, -0.25) is 4.79 Å². The van der Waals surface area contributed by atoms with E-state index in [1.165, 1.54) is 0 Å². The molecule has 1 aliphatic heterocycles. The predicted molar refractivity (Wildman–Crippen MR) is 55.5 cm³/mol. The van der Waals surface area contributed by atoms with Crippen molar-refractivity contribution in [1.29, 1.82) is 0 Å². The Morgan fingerprint density at radius 2 is 2.00 bits per heavy atom. The van der Waals surface area contributed by atoms with Gasteiger partial charge in [-0.25, -0.2) is 4.79 Å². The lowest BCUT2D eigenvalue weighted by Gasteiger charge is -2.31. The quantitative estimate of drug-likeness (QED) is 0.511. The van der Waals surface area contributed by atoms with Crippen molar-refractivity contribution in [2.24, 2.45) is 0 Å². The highest BCUT2D eigenvalue weighted by Gasteiger charge is 2.20. The maximum Gasteiger partial charge on any atom is 0.409 e. The first-order valence-corrected chi connectivity index (χ1v) is 5.39. The molecule has 0 radical (unpaired) electrons. The molecule has 0 saturated carbocycles. The van der Waals surface area contributed by atoms with E-state index in [0.717, 1.165) is 19.3 Å². The van der Waals surface area contributed by atoms with E-state index in [-0.39, 0.29) is 6.09 Å². The van der Waals surface area contributed by atoms with Gasteiger partial charge in [-0.2, -0.15) is 0 Å². The molecule has 1 heterocycles. The van der Waals surface area contributed by atoms with Gasteiger partial charge in [0.2, 0.25) is 6.41 Å². The number of carbonyl (C=O) groups is 2. The van der Waals surface area contributed by atoms with Crippen molar-refractivity contribution < 1.29 is 14.3 Å². The van der Waals surface area contributed by atoms with Crippen molar-refractivity contribution in [3.63, 3.8) is 0 Å². The van der Waals surface area contributed by atoms with Crippen LogP contribution >= 0.6 is 0 Å². The zero-order chi connectivity index (χ0) is 11.1. The van der Waals surface area contributed by atoms with E-state index in [0.29, 0.717) is 32.8 Å². The first-order valence-electron chi connectivity index (χ1n) is 5.39. The molecule has 5 heteroatoms. The Kier molecular flexibility index (Phi) is 4.93. The van der Waals surface area contributed by atoms with Gasteiger partial charge < -0.3 is 14.5 Å². The van der Waals surface area contributed by atoms with Crippen LogP contribution in [0, 0.1) is 0 Å². The van der Waals surface area contributed by atoms with Gasteiger partial charge in [-0.1, -0.05) is 13.3 Å². The molecule has 1 rings (SSSR count). The van der Waals surface area contributed by atoms with E-state index in [9.17, 15) is 9.59 Å². The summed E-state index contributed by atoms with van der Waals surface area (Å²) in [7, 11) is 0. The molecule has 0 bridgehead atoms. The molecule has 0 aromatic heterocycles. The number of ether oxygens (including phenoxy) is 1. The SMILES string of the molecule is CCCCOC(=O)N1CCN(C=O)CC1. The molecule has 0 atom stereocenters. The van der Waals surface area contributed by atoms with E-state index >= 15 is 0 Å². The van der Waals surface area contributed by atoms with Crippen molar-refractivity contribution in [2.45, 2.75) is 19.8 Å². The van der Waals surface area contributed by atoms with Crippen molar-refractivity contribution in [1.82, 2.24) is 9.80 Å². The molecular weight excluding hydrogens is 196 g/mol. The second kappa shape index (κ2) is 6.27. The molecule has 5 nitrogen and oxygen atoms in total. The van der Waals surface area contributed by atoms with Crippen LogP contribution in [0.1, 0.15) is 19.8 Å². The maximum atomic E-state index is 11.5. The number of rotatable bonds is 4. The molecule has 86 valence electrons. The number of piperazine rings is 1. The van der Waals surface area contributed by atoms with Crippen LogP contribution in [0.4, 0.5) is 4.79 Å². The standard InChI is InChI=1S/C10H18N2O3/c1-2-3-8-15-10(14)12-6-4-11(9-13)5-7-12/h9H,2-8H2,1H3. The highest BCUT2D eigenvalue weighted by Crippen LogP contribution is 2.02. The minimum atomic E-state index is -0.256. The van der Waals surface area contributed by atoms with Gasteiger partial charge in [-0.05, 0) is 6.42 Å². The Morgan fingerprint density at radius 3 is 2.53 bits per heavy atom.